The maximum atomic E-state index is 12.1. The molecule has 1 aromatic rings. The van der Waals surface area contributed by atoms with Crippen molar-refractivity contribution in [3.05, 3.63) is 28.0 Å². The van der Waals surface area contributed by atoms with Gasteiger partial charge in [0.1, 0.15) is 11.2 Å². The van der Waals surface area contributed by atoms with Crippen molar-refractivity contribution in [2.75, 3.05) is 13.2 Å². The lowest BCUT2D eigenvalue weighted by Gasteiger charge is -2.33. The number of halogens is 2. The number of carbonyl (C=O) groups excluding carboxylic acids is 3. The number of pyridine rings is 1. The van der Waals surface area contributed by atoms with Crippen molar-refractivity contribution in [2.45, 2.75) is 25.3 Å². The first-order chi connectivity index (χ1) is 10.9. The van der Waals surface area contributed by atoms with Crippen LogP contribution in [0.15, 0.2) is 12.3 Å². The number of likely N-dealkylation sites (tertiary alicyclic amines) is 1. The fourth-order valence-corrected chi connectivity index (χ4v) is 2.62. The third-order valence-corrected chi connectivity index (χ3v) is 4.20. The highest BCUT2D eigenvalue weighted by Gasteiger charge is 2.31. The highest BCUT2D eigenvalue weighted by molar-refractivity contribution is 6.41. The molecule has 0 saturated carbocycles. The molecule has 0 bridgehead atoms. The fourth-order valence-electron chi connectivity index (χ4n) is 2.35. The lowest BCUT2D eigenvalue weighted by molar-refractivity contribution is -0.143. The number of rotatable bonds is 4. The number of esters is 1. The van der Waals surface area contributed by atoms with Gasteiger partial charge in [0.05, 0.1) is 10.6 Å². The second-order valence-electron chi connectivity index (χ2n) is 5.07. The normalized spacial score (nSPS) is 17.7. The Hall–Kier alpha value is -1.86. The Morgan fingerprint density at radius 2 is 2.09 bits per heavy atom. The molecule has 1 atom stereocenters. The maximum absolute atomic E-state index is 12.1. The molecular weight excluding hydrogens is 345 g/mol. The van der Waals surface area contributed by atoms with Gasteiger partial charge in [0.25, 0.3) is 5.91 Å². The average Bonchev–Trinajstić information content (AvgIpc) is 2.54. The van der Waals surface area contributed by atoms with E-state index in [4.69, 9.17) is 33.7 Å². The lowest BCUT2D eigenvalue weighted by Crippen LogP contribution is -2.51. The summed E-state index contributed by atoms with van der Waals surface area (Å²) < 4.78 is 4.94. The standard InChI is InChI=1S/C14H15Cl2N3O4/c15-9-5-8(6-18-12(9)16)14(22)23-7-11(20)19-4-2-1-3-10(19)13(17)21/h5-6,10H,1-4,7H2,(H2,17,21)/t10-/m1/s1. The molecule has 1 aliphatic heterocycles. The SMILES string of the molecule is NC(=O)[C@H]1CCCCN1C(=O)COC(=O)c1cnc(Cl)c(Cl)c1. The summed E-state index contributed by atoms with van der Waals surface area (Å²) in [5, 5.41) is 0.175. The van der Waals surface area contributed by atoms with E-state index in [1.165, 1.54) is 17.2 Å². The van der Waals surface area contributed by atoms with E-state index in [1.807, 2.05) is 0 Å². The minimum absolute atomic E-state index is 0.0666. The molecule has 0 spiro atoms. The van der Waals surface area contributed by atoms with Crippen molar-refractivity contribution in [1.29, 1.82) is 0 Å². The topological polar surface area (TPSA) is 103 Å². The van der Waals surface area contributed by atoms with Gasteiger partial charge in [0.2, 0.25) is 5.91 Å². The number of piperidine rings is 1. The van der Waals surface area contributed by atoms with Crippen LogP contribution in [-0.2, 0) is 14.3 Å². The van der Waals surface area contributed by atoms with Crippen LogP contribution in [0.2, 0.25) is 10.2 Å². The first kappa shape index (κ1) is 17.5. The lowest BCUT2D eigenvalue weighted by atomic mass is 10.0. The molecule has 1 aliphatic rings. The summed E-state index contributed by atoms with van der Waals surface area (Å²) in [7, 11) is 0. The summed E-state index contributed by atoms with van der Waals surface area (Å²) in [6.45, 7) is -0.0683. The van der Waals surface area contributed by atoms with Crippen LogP contribution in [0.3, 0.4) is 0 Å². The molecule has 9 heteroatoms. The predicted molar refractivity (Wildman–Crippen MR) is 83.1 cm³/mol. The minimum Gasteiger partial charge on any atom is -0.452 e. The number of nitrogens with zero attached hydrogens (tertiary/aromatic N) is 2. The van der Waals surface area contributed by atoms with Gasteiger partial charge >= 0.3 is 5.97 Å². The van der Waals surface area contributed by atoms with Gasteiger partial charge in [-0.2, -0.15) is 0 Å². The molecular formula is C14H15Cl2N3O4. The van der Waals surface area contributed by atoms with Crippen molar-refractivity contribution < 1.29 is 19.1 Å². The van der Waals surface area contributed by atoms with E-state index in [-0.39, 0.29) is 15.7 Å². The number of ether oxygens (including phenoxy) is 1. The van der Waals surface area contributed by atoms with E-state index in [2.05, 4.69) is 4.98 Å². The quantitative estimate of drug-likeness (QED) is 0.646. The zero-order valence-corrected chi connectivity index (χ0v) is 13.6. The zero-order valence-electron chi connectivity index (χ0n) is 12.1. The fraction of sp³-hybridized carbons (Fsp3) is 0.429. The van der Waals surface area contributed by atoms with Gasteiger partial charge in [-0.3, -0.25) is 9.59 Å². The second-order valence-corrected chi connectivity index (χ2v) is 5.84. The molecule has 7 nitrogen and oxygen atoms in total. The largest absolute Gasteiger partial charge is 0.452 e. The van der Waals surface area contributed by atoms with Crippen LogP contribution in [0.25, 0.3) is 0 Å². The highest BCUT2D eigenvalue weighted by Crippen LogP contribution is 2.20. The maximum Gasteiger partial charge on any atom is 0.340 e. The molecule has 2 rings (SSSR count). The second kappa shape index (κ2) is 7.61. The summed E-state index contributed by atoms with van der Waals surface area (Å²) in [6.07, 6.45) is 3.33. The van der Waals surface area contributed by atoms with Gasteiger partial charge in [-0.1, -0.05) is 23.2 Å². The van der Waals surface area contributed by atoms with Gasteiger partial charge in [-0.05, 0) is 25.3 Å². The van der Waals surface area contributed by atoms with Crippen molar-refractivity contribution in [2.24, 2.45) is 5.73 Å². The molecule has 1 aromatic heterocycles. The highest BCUT2D eigenvalue weighted by atomic mass is 35.5. The van der Waals surface area contributed by atoms with E-state index < -0.39 is 30.4 Å². The summed E-state index contributed by atoms with van der Waals surface area (Å²) >= 11 is 11.4. The molecule has 0 aliphatic carbocycles. The third-order valence-electron chi connectivity index (χ3n) is 3.51. The number of amides is 2. The number of nitrogens with two attached hydrogens (primary N) is 1. The van der Waals surface area contributed by atoms with Crippen LogP contribution < -0.4 is 5.73 Å². The number of hydrogen-bond donors (Lipinski definition) is 1. The van der Waals surface area contributed by atoms with Crippen molar-refractivity contribution >= 4 is 41.0 Å². The molecule has 2 heterocycles. The molecule has 2 N–H and O–H groups in total. The number of hydrogen-bond acceptors (Lipinski definition) is 5. The van der Waals surface area contributed by atoms with E-state index in [0.717, 1.165) is 12.8 Å². The van der Waals surface area contributed by atoms with Gasteiger partial charge in [-0.15, -0.1) is 0 Å². The number of primary amides is 1. The Balaban J connectivity index is 1.96. The Labute approximate surface area is 142 Å². The molecule has 0 aromatic carbocycles. The predicted octanol–water partition coefficient (Wildman–Crippen LogP) is 1.41. The van der Waals surface area contributed by atoms with Gasteiger partial charge < -0.3 is 15.4 Å². The van der Waals surface area contributed by atoms with Crippen LogP contribution in [0.1, 0.15) is 29.6 Å². The number of carbonyl (C=O) groups is 3. The van der Waals surface area contributed by atoms with Crippen LogP contribution in [0.4, 0.5) is 0 Å². The van der Waals surface area contributed by atoms with Gasteiger partial charge in [-0.25, -0.2) is 9.78 Å². The van der Waals surface area contributed by atoms with Crippen LogP contribution in [0, 0.1) is 0 Å². The zero-order chi connectivity index (χ0) is 17.0. The Bertz CT molecular complexity index is 638. The molecule has 23 heavy (non-hydrogen) atoms. The first-order valence-electron chi connectivity index (χ1n) is 6.97. The molecule has 124 valence electrons. The molecule has 1 saturated heterocycles. The molecule has 2 amide bonds. The summed E-state index contributed by atoms with van der Waals surface area (Å²) in [6, 6.07) is 0.651. The minimum atomic E-state index is -0.753. The number of aromatic nitrogens is 1. The summed E-state index contributed by atoms with van der Waals surface area (Å²) in [4.78, 5) is 40.5. The Morgan fingerprint density at radius 3 is 2.74 bits per heavy atom. The summed E-state index contributed by atoms with van der Waals surface area (Å²) in [5.74, 6) is -1.77. The van der Waals surface area contributed by atoms with Crippen molar-refractivity contribution in [3.8, 4) is 0 Å². The molecule has 0 unspecified atom stereocenters. The first-order valence-corrected chi connectivity index (χ1v) is 7.72. The van der Waals surface area contributed by atoms with E-state index in [0.29, 0.717) is 13.0 Å². The van der Waals surface area contributed by atoms with Crippen LogP contribution in [-0.4, -0.2) is 46.9 Å². The Morgan fingerprint density at radius 1 is 1.35 bits per heavy atom. The third kappa shape index (κ3) is 4.33. The van der Waals surface area contributed by atoms with E-state index in [1.54, 1.807) is 0 Å². The molecule has 1 fully saturated rings. The monoisotopic (exact) mass is 359 g/mol. The van der Waals surface area contributed by atoms with E-state index >= 15 is 0 Å². The Kier molecular flexibility index (Phi) is 5.79. The van der Waals surface area contributed by atoms with Gasteiger partial charge in [0.15, 0.2) is 6.61 Å². The van der Waals surface area contributed by atoms with Crippen LogP contribution >= 0.6 is 23.2 Å². The van der Waals surface area contributed by atoms with Crippen LogP contribution in [0.5, 0.6) is 0 Å². The van der Waals surface area contributed by atoms with E-state index in [9.17, 15) is 14.4 Å². The van der Waals surface area contributed by atoms with Crippen molar-refractivity contribution in [3.63, 3.8) is 0 Å². The van der Waals surface area contributed by atoms with Gasteiger partial charge in [0, 0.05) is 12.7 Å². The smallest absolute Gasteiger partial charge is 0.340 e. The summed E-state index contributed by atoms with van der Waals surface area (Å²) in [5.41, 5.74) is 5.38. The average molecular weight is 360 g/mol. The van der Waals surface area contributed by atoms with Crippen molar-refractivity contribution in [1.82, 2.24) is 9.88 Å². The molecule has 0 radical (unpaired) electrons.